The van der Waals surface area contributed by atoms with Crippen molar-refractivity contribution in [2.45, 2.75) is 32.2 Å². The maximum absolute atomic E-state index is 12.6. The van der Waals surface area contributed by atoms with Crippen molar-refractivity contribution in [2.75, 3.05) is 17.3 Å². The van der Waals surface area contributed by atoms with Crippen molar-refractivity contribution in [1.82, 2.24) is 0 Å². The summed E-state index contributed by atoms with van der Waals surface area (Å²) in [6.07, 6.45) is 0. The molecule has 0 radical (unpaired) electrons. The molecule has 0 fully saturated rings. The van der Waals surface area contributed by atoms with Crippen LogP contribution in [-0.4, -0.2) is 24.2 Å². The Morgan fingerprint density at radius 3 is 2.76 bits per heavy atom. The first-order valence-electron chi connectivity index (χ1n) is 8.30. The third kappa shape index (κ3) is 3.71. The molecule has 0 bridgehead atoms. The number of esters is 1. The molecule has 1 aliphatic rings. The summed E-state index contributed by atoms with van der Waals surface area (Å²) in [7, 11) is 0. The van der Waals surface area contributed by atoms with Crippen molar-refractivity contribution in [1.29, 1.82) is 0 Å². The first-order chi connectivity index (χ1) is 12.0. The SMILES string of the molecule is CCOC(=O)c1ccc2c(c1)N(Cc1cc(C)ccc1C)C(=O)CS2. The molecule has 0 atom stereocenters. The van der Waals surface area contributed by atoms with Gasteiger partial charge in [-0.25, -0.2) is 4.79 Å². The van der Waals surface area contributed by atoms with E-state index in [0.717, 1.165) is 21.7 Å². The van der Waals surface area contributed by atoms with Gasteiger partial charge in [-0.05, 0) is 50.1 Å². The molecule has 2 aromatic carbocycles. The van der Waals surface area contributed by atoms with Crippen LogP contribution in [0.25, 0.3) is 0 Å². The summed E-state index contributed by atoms with van der Waals surface area (Å²) in [6.45, 7) is 6.71. The minimum absolute atomic E-state index is 0.0550. The van der Waals surface area contributed by atoms with Gasteiger partial charge < -0.3 is 9.64 Å². The second-order valence-electron chi connectivity index (χ2n) is 6.10. The molecule has 0 saturated heterocycles. The first-order valence-corrected chi connectivity index (χ1v) is 9.28. The van der Waals surface area contributed by atoms with Crippen LogP contribution in [0.15, 0.2) is 41.3 Å². The standard InChI is InChI=1S/C20H21NO3S/c1-4-24-20(23)15-7-8-18-17(10-15)21(19(22)12-25-18)11-16-9-13(2)5-6-14(16)3/h5-10H,4,11-12H2,1-3H3. The Hall–Kier alpha value is -2.27. The van der Waals surface area contributed by atoms with Crippen LogP contribution < -0.4 is 4.90 Å². The molecule has 0 unspecified atom stereocenters. The number of carbonyl (C=O) groups excluding carboxylic acids is 2. The molecule has 0 spiro atoms. The highest BCUT2D eigenvalue weighted by Gasteiger charge is 2.26. The predicted octanol–water partition coefficient (Wildman–Crippen LogP) is 4.12. The second kappa shape index (κ2) is 7.31. The van der Waals surface area contributed by atoms with Crippen molar-refractivity contribution in [2.24, 2.45) is 0 Å². The summed E-state index contributed by atoms with van der Waals surface area (Å²) in [5.74, 6) is 0.107. The minimum Gasteiger partial charge on any atom is -0.462 e. The zero-order valence-electron chi connectivity index (χ0n) is 14.7. The van der Waals surface area contributed by atoms with Gasteiger partial charge >= 0.3 is 5.97 Å². The lowest BCUT2D eigenvalue weighted by Crippen LogP contribution is -2.35. The van der Waals surface area contributed by atoms with Crippen LogP contribution in [0, 0.1) is 13.8 Å². The number of rotatable bonds is 4. The normalized spacial score (nSPS) is 13.6. The predicted molar refractivity (Wildman–Crippen MR) is 100 cm³/mol. The molecule has 1 heterocycles. The maximum Gasteiger partial charge on any atom is 0.338 e. The number of amides is 1. The Morgan fingerprint density at radius 2 is 2.00 bits per heavy atom. The summed E-state index contributed by atoms with van der Waals surface area (Å²) in [5, 5.41) is 0. The second-order valence-corrected chi connectivity index (χ2v) is 7.12. The fourth-order valence-electron chi connectivity index (χ4n) is 2.86. The van der Waals surface area contributed by atoms with Crippen LogP contribution in [0.3, 0.4) is 0 Å². The molecule has 0 saturated carbocycles. The number of benzene rings is 2. The van der Waals surface area contributed by atoms with Gasteiger partial charge in [0.05, 0.1) is 30.2 Å². The maximum atomic E-state index is 12.6. The van der Waals surface area contributed by atoms with Gasteiger partial charge in [0, 0.05) is 4.90 Å². The van der Waals surface area contributed by atoms with Crippen molar-refractivity contribution in [3.05, 3.63) is 58.7 Å². The zero-order chi connectivity index (χ0) is 18.0. The molecule has 25 heavy (non-hydrogen) atoms. The largest absolute Gasteiger partial charge is 0.462 e. The summed E-state index contributed by atoms with van der Waals surface area (Å²) in [6, 6.07) is 11.7. The molecular weight excluding hydrogens is 334 g/mol. The van der Waals surface area contributed by atoms with Gasteiger partial charge in [0.1, 0.15) is 0 Å². The van der Waals surface area contributed by atoms with Gasteiger partial charge in [0.2, 0.25) is 5.91 Å². The highest BCUT2D eigenvalue weighted by atomic mass is 32.2. The van der Waals surface area contributed by atoms with E-state index in [-0.39, 0.29) is 11.9 Å². The van der Waals surface area contributed by atoms with Crippen molar-refractivity contribution in [3.63, 3.8) is 0 Å². The Kier molecular flexibility index (Phi) is 5.13. The van der Waals surface area contributed by atoms with E-state index in [0.29, 0.717) is 24.5 Å². The van der Waals surface area contributed by atoms with Gasteiger partial charge in [-0.15, -0.1) is 11.8 Å². The summed E-state index contributed by atoms with van der Waals surface area (Å²) in [5.41, 5.74) is 4.70. The fraction of sp³-hybridized carbons (Fsp3) is 0.300. The number of anilines is 1. The number of thioether (sulfide) groups is 1. The van der Waals surface area contributed by atoms with Gasteiger partial charge in [-0.1, -0.05) is 23.8 Å². The highest BCUT2D eigenvalue weighted by molar-refractivity contribution is 8.00. The van der Waals surface area contributed by atoms with Crippen LogP contribution >= 0.6 is 11.8 Å². The third-order valence-corrected chi connectivity index (χ3v) is 5.29. The first kappa shape index (κ1) is 17.5. The van der Waals surface area contributed by atoms with E-state index in [1.54, 1.807) is 24.0 Å². The number of carbonyl (C=O) groups is 2. The number of hydrogen-bond donors (Lipinski definition) is 0. The van der Waals surface area contributed by atoms with Crippen LogP contribution in [0.2, 0.25) is 0 Å². The summed E-state index contributed by atoms with van der Waals surface area (Å²) in [4.78, 5) is 27.4. The van der Waals surface area contributed by atoms with Crippen molar-refractivity contribution in [3.8, 4) is 0 Å². The van der Waals surface area contributed by atoms with Gasteiger partial charge in [0.25, 0.3) is 0 Å². The monoisotopic (exact) mass is 355 g/mol. The number of hydrogen-bond acceptors (Lipinski definition) is 4. The van der Waals surface area contributed by atoms with E-state index < -0.39 is 0 Å². The molecule has 3 rings (SSSR count). The molecule has 130 valence electrons. The summed E-state index contributed by atoms with van der Waals surface area (Å²) < 4.78 is 5.08. The molecule has 0 aromatic heterocycles. The van der Waals surface area contributed by atoms with E-state index in [4.69, 9.17) is 4.74 Å². The van der Waals surface area contributed by atoms with E-state index in [9.17, 15) is 9.59 Å². The number of fused-ring (bicyclic) bond motifs is 1. The Morgan fingerprint density at radius 1 is 1.20 bits per heavy atom. The van der Waals surface area contributed by atoms with E-state index in [1.807, 2.05) is 19.9 Å². The Labute approximate surface area is 152 Å². The van der Waals surface area contributed by atoms with Gasteiger partial charge in [-0.3, -0.25) is 4.79 Å². The average molecular weight is 355 g/mol. The van der Waals surface area contributed by atoms with Gasteiger partial charge in [0.15, 0.2) is 0 Å². The number of aryl methyl sites for hydroxylation is 2. The van der Waals surface area contributed by atoms with Crippen molar-refractivity contribution < 1.29 is 14.3 Å². The molecule has 0 N–H and O–H groups in total. The fourth-order valence-corrected chi connectivity index (χ4v) is 3.77. The van der Waals surface area contributed by atoms with Crippen molar-refractivity contribution >= 4 is 29.3 Å². The minimum atomic E-state index is -0.361. The molecule has 4 nitrogen and oxygen atoms in total. The lowest BCUT2D eigenvalue weighted by atomic mass is 10.0. The smallest absolute Gasteiger partial charge is 0.338 e. The molecule has 0 aliphatic carbocycles. The number of ether oxygens (including phenoxy) is 1. The van der Waals surface area contributed by atoms with Gasteiger partial charge in [-0.2, -0.15) is 0 Å². The molecule has 1 aliphatic heterocycles. The molecular formula is C20H21NO3S. The van der Waals surface area contributed by atoms with Crippen LogP contribution in [0.4, 0.5) is 5.69 Å². The van der Waals surface area contributed by atoms with E-state index in [1.165, 1.54) is 17.3 Å². The molecule has 1 amide bonds. The lowest BCUT2D eigenvalue weighted by molar-refractivity contribution is -0.116. The molecule has 2 aromatic rings. The Balaban J connectivity index is 1.98. The van der Waals surface area contributed by atoms with E-state index >= 15 is 0 Å². The average Bonchev–Trinajstić information content (AvgIpc) is 2.60. The Bertz CT molecular complexity index is 832. The summed E-state index contributed by atoms with van der Waals surface area (Å²) >= 11 is 1.51. The van der Waals surface area contributed by atoms with Crippen LogP contribution in [-0.2, 0) is 16.1 Å². The third-order valence-electron chi connectivity index (χ3n) is 4.25. The number of nitrogens with zero attached hydrogens (tertiary/aromatic N) is 1. The van der Waals surface area contributed by atoms with E-state index in [2.05, 4.69) is 18.2 Å². The topological polar surface area (TPSA) is 46.6 Å². The quantitative estimate of drug-likeness (QED) is 0.774. The zero-order valence-corrected chi connectivity index (χ0v) is 15.5. The van der Waals surface area contributed by atoms with Crippen LogP contribution in [0.5, 0.6) is 0 Å². The van der Waals surface area contributed by atoms with Crippen LogP contribution in [0.1, 0.15) is 34.0 Å². The lowest BCUT2D eigenvalue weighted by Gasteiger charge is -2.30. The molecule has 5 heteroatoms. The highest BCUT2D eigenvalue weighted by Crippen LogP contribution is 2.37.